The number of thioether (sulfide) groups is 1. The van der Waals surface area contributed by atoms with Crippen LogP contribution in [-0.2, 0) is 27.0 Å². The molecule has 0 bridgehead atoms. The second kappa shape index (κ2) is 12.6. The molecule has 0 saturated carbocycles. The molecule has 1 heterocycles. The molecule has 0 unspecified atom stereocenters. The van der Waals surface area contributed by atoms with Crippen molar-refractivity contribution in [2.24, 2.45) is 0 Å². The van der Waals surface area contributed by atoms with Crippen molar-refractivity contribution in [3.8, 4) is 17.2 Å². The fourth-order valence-corrected chi connectivity index (χ4v) is 6.92. The van der Waals surface area contributed by atoms with E-state index in [0.29, 0.717) is 33.2 Å². The number of benzene rings is 4. The maximum Gasteiger partial charge on any atom is 0.311 e. The number of hydrogen-bond donors (Lipinski definition) is 1. The molecule has 0 spiro atoms. The number of nitro benzene ring substituents is 1. The molecular formula is C31H26N2O8S2. The molecule has 10 nitrogen and oxygen atoms in total. The van der Waals surface area contributed by atoms with Gasteiger partial charge in [0.25, 0.3) is 5.91 Å². The SMILES string of the molecule is COc1cccc(OC)c1CS(=O)(=O)c1ccc2c(c1)S/C(=C\c1ccc(OCc3ccccc3)c([N+](=O)[O-])c1)C(=O)N2. The summed E-state index contributed by atoms with van der Waals surface area (Å²) in [6.45, 7) is 0.159. The van der Waals surface area contributed by atoms with Gasteiger partial charge in [0.05, 0.1) is 45.9 Å². The summed E-state index contributed by atoms with van der Waals surface area (Å²) in [4.78, 5) is 24.9. The molecule has 220 valence electrons. The molecule has 0 aromatic heterocycles. The van der Waals surface area contributed by atoms with E-state index >= 15 is 0 Å². The Kier molecular flexibility index (Phi) is 8.69. The van der Waals surface area contributed by atoms with Crippen LogP contribution in [0.1, 0.15) is 16.7 Å². The van der Waals surface area contributed by atoms with E-state index in [-0.39, 0.29) is 33.6 Å². The predicted molar refractivity (Wildman–Crippen MR) is 163 cm³/mol. The fraction of sp³-hybridized carbons (Fsp3) is 0.129. The highest BCUT2D eigenvalue weighted by Crippen LogP contribution is 2.41. The molecule has 0 aliphatic carbocycles. The first-order chi connectivity index (χ1) is 20.7. The van der Waals surface area contributed by atoms with Crippen molar-refractivity contribution in [3.05, 3.63) is 117 Å². The minimum absolute atomic E-state index is 0.0535. The summed E-state index contributed by atoms with van der Waals surface area (Å²) in [6.07, 6.45) is 1.51. The molecule has 1 aliphatic heterocycles. The van der Waals surface area contributed by atoms with Crippen molar-refractivity contribution < 1.29 is 32.3 Å². The van der Waals surface area contributed by atoms with E-state index < -0.39 is 20.7 Å². The molecule has 0 atom stereocenters. The monoisotopic (exact) mass is 618 g/mol. The zero-order valence-corrected chi connectivity index (χ0v) is 24.7. The Morgan fingerprint density at radius 2 is 1.63 bits per heavy atom. The van der Waals surface area contributed by atoms with E-state index in [0.717, 1.165) is 17.3 Å². The van der Waals surface area contributed by atoms with E-state index in [9.17, 15) is 23.3 Å². The Morgan fingerprint density at radius 3 is 2.30 bits per heavy atom. The van der Waals surface area contributed by atoms with Gasteiger partial charge in [0.15, 0.2) is 15.6 Å². The van der Waals surface area contributed by atoms with Gasteiger partial charge in [0.1, 0.15) is 18.1 Å². The van der Waals surface area contributed by atoms with Gasteiger partial charge >= 0.3 is 5.69 Å². The van der Waals surface area contributed by atoms with Crippen LogP contribution in [0.4, 0.5) is 11.4 Å². The van der Waals surface area contributed by atoms with Crippen molar-refractivity contribution in [3.63, 3.8) is 0 Å². The number of fused-ring (bicyclic) bond motifs is 1. The number of sulfone groups is 1. The molecule has 0 radical (unpaired) electrons. The Morgan fingerprint density at radius 1 is 0.907 bits per heavy atom. The van der Waals surface area contributed by atoms with E-state index in [4.69, 9.17) is 14.2 Å². The third-order valence-corrected chi connectivity index (χ3v) is 9.30. The van der Waals surface area contributed by atoms with E-state index in [1.807, 2.05) is 30.3 Å². The van der Waals surface area contributed by atoms with Gasteiger partial charge in [0.2, 0.25) is 0 Å². The zero-order valence-electron chi connectivity index (χ0n) is 23.1. The van der Waals surface area contributed by atoms with Crippen LogP contribution in [0.25, 0.3) is 6.08 Å². The van der Waals surface area contributed by atoms with Gasteiger partial charge in [-0.15, -0.1) is 0 Å². The summed E-state index contributed by atoms with van der Waals surface area (Å²) in [5.74, 6) is 0.0975. The van der Waals surface area contributed by atoms with Gasteiger partial charge < -0.3 is 19.5 Å². The molecule has 43 heavy (non-hydrogen) atoms. The molecule has 0 fully saturated rings. The molecular weight excluding hydrogens is 592 g/mol. The average Bonchev–Trinajstić information content (AvgIpc) is 3.00. The van der Waals surface area contributed by atoms with Crippen LogP contribution in [0.15, 0.2) is 99.6 Å². The normalized spacial score (nSPS) is 13.6. The Bertz CT molecular complexity index is 1820. The molecule has 1 amide bonds. The fourth-order valence-electron chi connectivity index (χ4n) is 4.45. The minimum Gasteiger partial charge on any atom is -0.496 e. The van der Waals surface area contributed by atoms with E-state index in [1.54, 1.807) is 24.3 Å². The van der Waals surface area contributed by atoms with Crippen LogP contribution in [0, 0.1) is 10.1 Å². The van der Waals surface area contributed by atoms with Gasteiger partial charge in [-0.1, -0.05) is 54.2 Å². The maximum atomic E-state index is 13.4. The third-order valence-electron chi connectivity index (χ3n) is 6.58. The standard InChI is InChI=1S/C31H26N2O8S2/c1-39-26-9-6-10-27(40-2)23(26)19-43(37,38)22-12-13-24-29(17-22)42-30(31(34)32-24)16-21-11-14-28(25(15-21)33(35)36)41-18-20-7-4-3-5-8-20/h3-17H,18-19H2,1-2H3,(H,32,34)/b30-16-. The van der Waals surface area contributed by atoms with Gasteiger partial charge in [-0.05, 0) is 53.6 Å². The number of rotatable bonds is 10. The second-order valence-corrected chi connectivity index (χ2v) is 12.5. The first kappa shape index (κ1) is 29.7. The van der Waals surface area contributed by atoms with Crippen LogP contribution >= 0.6 is 11.8 Å². The third kappa shape index (κ3) is 6.65. The first-order valence-electron chi connectivity index (χ1n) is 12.9. The lowest BCUT2D eigenvalue weighted by Gasteiger charge is -2.20. The molecule has 4 aromatic rings. The largest absolute Gasteiger partial charge is 0.496 e. The Hall–Kier alpha value is -4.81. The van der Waals surface area contributed by atoms with Crippen LogP contribution < -0.4 is 19.5 Å². The quantitative estimate of drug-likeness (QED) is 0.124. The number of nitrogens with one attached hydrogen (secondary N) is 1. The second-order valence-electron chi connectivity index (χ2n) is 9.38. The first-order valence-corrected chi connectivity index (χ1v) is 15.4. The summed E-state index contributed by atoms with van der Waals surface area (Å²) < 4.78 is 43.3. The number of methoxy groups -OCH3 is 2. The smallest absolute Gasteiger partial charge is 0.311 e. The van der Waals surface area contributed by atoms with E-state index in [1.165, 1.54) is 50.6 Å². The number of carbonyl (C=O) groups excluding carboxylic acids is 1. The lowest BCUT2D eigenvalue weighted by atomic mass is 10.1. The molecule has 5 rings (SSSR count). The van der Waals surface area contributed by atoms with Crippen LogP contribution in [0.2, 0.25) is 0 Å². The number of amides is 1. The van der Waals surface area contributed by atoms with Gasteiger partial charge in [-0.25, -0.2) is 8.42 Å². The van der Waals surface area contributed by atoms with Crippen LogP contribution in [-0.4, -0.2) is 33.5 Å². The number of nitrogens with zero attached hydrogens (tertiary/aromatic N) is 1. The molecule has 1 N–H and O–H groups in total. The molecule has 4 aromatic carbocycles. The van der Waals surface area contributed by atoms with Crippen molar-refractivity contribution in [2.75, 3.05) is 19.5 Å². The molecule has 12 heteroatoms. The topological polar surface area (TPSA) is 134 Å². The van der Waals surface area contributed by atoms with Crippen molar-refractivity contribution in [2.45, 2.75) is 22.2 Å². The Balaban J connectivity index is 1.40. The van der Waals surface area contributed by atoms with Crippen molar-refractivity contribution in [1.29, 1.82) is 0 Å². The van der Waals surface area contributed by atoms with Crippen LogP contribution in [0.5, 0.6) is 17.2 Å². The average molecular weight is 619 g/mol. The lowest BCUT2D eigenvalue weighted by molar-refractivity contribution is -0.386. The molecule has 1 aliphatic rings. The van der Waals surface area contributed by atoms with Gasteiger partial charge in [-0.3, -0.25) is 14.9 Å². The zero-order chi connectivity index (χ0) is 30.6. The number of nitro groups is 1. The van der Waals surface area contributed by atoms with Crippen LogP contribution in [0.3, 0.4) is 0 Å². The summed E-state index contributed by atoms with van der Waals surface area (Å²) in [6, 6.07) is 23.2. The number of hydrogen-bond acceptors (Lipinski definition) is 9. The van der Waals surface area contributed by atoms with Gasteiger partial charge in [-0.2, -0.15) is 0 Å². The van der Waals surface area contributed by atoms with Crippen molar-refractivity contribution >= 4 is 45.0 Å². The minimum atomic E-state index is -3.84. The number of anilines is 1. The summed E-state index contributed by atoms with van der Waals surface area (Å²) in [5.41, 5.74) is 1.88. The highest BCUT2D eigenvalue weighted by atomic mass is 32.2. The summed E-state index contributed by atoms with van der Waals surface area (Å²) in [5, 5.41) is 14.6. The summed E-state index contributed by atoms with van der Waals surface area (Å²) >= 11 is 1.07. The molecule has 0 saturated heterocycles. The Labute approximate surface area is 252 Å². The lowest BCUT2D eigenvalue weighted by Crippen LogP contribution is -2.18. The van der Waals surface area contributed by atoms with Gasteiger partial charge in [0, 0.05) is 11.0 Å². The predicted octanol–water partition coefficient (Wildman–Crippen LogP) is 6.25. The summed E-state index contributed by atoms with van der Waals surface area (Å²) in [7, 11) is -0.931. The van der Waals surface area contributed by atoms with Crippen molar-refractivity contribution in [1.82, 2.24) is 0 Å². The number of ether oxygens (including phenoxy) is 3. The highest BCUT2D eigenvalue weighted by Gasteiger charge is 2.26. The number of carbonyl (C=O) groups is 1. The van der Waals surface area contributed by atoms with E-state index in [2.05, 4.69) is 5.32 Å². The maximum absolute atomic E-state index is 13.4. The highest BCUT2D eigenvalue weighted by molar-refractivity contribution is 8.04.